The number of benzene rings is 1. The van der Waals surface area contributed by atoms with Gasteiger partial charge in [-0.05, 0) is 69.2 Å². The number of hydrogen-bond donors (Lipinski definition) is 3. The summed E-state index contributed by atoms with van der Waals surface area (Å²) in [5, 5.41) is 32.0. The first-order valence-corrected chi connectivity index (χ1v) is 8.71. The lowest BCUT2D eigenvalue weighted by Gasteiger charge is -2.41. The van der Waals surface area contributed by atoms with Crippen LogP contribution in [0.4, 0.5) is 10.2 Å². The van der Waals surface area contributed by atoms with E-state index in [0.717, 1.165) is 12.0 Å². The number of anilines is 1. The summed E-state index contributed by atoms with van der Waals surface area (Å²) in [4.78, 5) is 0. The minimum atomic E-state index is -0.603. The fraction of sp³-hybridized carbons (Fsp3) is 0.474. The number of halogens is 1. The van der Waals surface area contributed by atoms with Gasteiger partial charge in [-0.1, -0.05) is 0 Å². The Balaban J connectivity index is 1.63. The molecule has 0 saturated heterocycles. The molecular weight excluding hydrogens is 321 g/mol. The molecule has 3 N–H and O–H groups in total. The van der Waals surface area contributed by atoms with Crippen LogP contribution in [0.5, 0.6) is 5.75 Å². The molecule has 0 amide bonds. The minimum absolute atomic E-state index is 0.127. The number of nitrogens with one attached hydrogen (secondary N) is 1. The zero-order valence-corrected chi connectivity index (χ0v) is 14.4. The maximum Gasteiger partial charge on any atom is 0.149 e. The van der Waals surface area contributed by atoms with E-state index >= 15 is 0 Å². The number of rotatable bonds is 3. The van der Waals surface area contributed by atoms with Crippen molar-refractivity contribution in [2.75, 3.05) is 5.32 Å². The molecule has 2 aromatic rings. The van der Waals surface area contributed by atoms with Gasteiger partial charge in [-0.2, -0.15) is 0 Å². The highest BCUT2D eigenvalue weighted by Gasteiger charge is 2.38. The number of aliphatic hydroxyl groups is 1. The highest BCUT2D eigenvalue weighted by molar-refractivity contribution is 5.73. The van der Waals surface area contributed by atoms with E-state index in [1.165, 1.54) is 6.07 Å². The van der Waals surface area contributed by atoms with Crippen LogP contribution < -0.4 is 5.32 Å². The van der Waals surface area contributed by atoms with E-state index in [1.54, 1.807) is 0 Å². The van der Waals surface area contributed by atoms with Crippen LogP contribution in [-0.4, -0.2) is 32.1 Å². The van der Waals surface area contributed by atoms with Crippen molar-refractivity contribution in [1.29, 1.82) is 0 Å². The highest BCUT2D eigenvalue weighted by Crippen LogP contribution is 2.40. The molecule has 2 aliphatic rings. The van der Waals surface area contributed by atoms with Crippen LogP contribution in [0.15, 0.2) is 12.1 Å². The third-order valence-electron chi connectivity index (χ3n) is 5.28. The van der Waals surface area contributed by atoms with Gasteiger partial charge in [0.05, 0.1) is 11.3 Å². The molecular formula is C19H22FN3O2. The monoisotopic (exact) mass is 343 g/mol. The molecule has 6 heteroatoms. The summed E-state index contributed by atoms with van der Waals surface area (Å²) in [7, 11) is 0. The van der Waals surface area contributed by atoms with Gasteiger partial charge in [0.2, 0.25) is 0 Å². The molecule has 0 atom stereocenters. The molecule has 1 saturated carbocycles. The maximum atomic E-state index is 14.3. The number of hydrogen-bond acceptors (Lipinski definition) is 5. The van der Waals surface area contributed by atoms with Crippen LogP contribution in [0.2, 0.25) is 0 Å². The smallest absolute Gasteiger partial charge is 0.149 e. The Bertz CT molecular complexity index is 843. The molecule has 4 rings (SSSR count). The van der Waals surface area contributed by atoms with E-state index in [4.69, 9.17) is 0 Å². The molecule has 132 valence electrons. The van der Waals surface area contributed by atoms with Crippen LogP contribution in [0, 0.1) is 12.7 Å². The lowest BCUT2D eigenvalue weighted by molar-refractivity contribution is -0.0235. The van der Waals surface area contributed by atoms with Crippen molar-refractivity contribution < 1.29 is 14.6 Å². The Labute approximate surface area is 145 Å². The van der Waals surface area contributed by atoms with Crippen molar-refractivity contribution in [3.63, 3.8) is 0 Å². The SMILES string of the molecule is Cc1cc(NC2CC(C)(O)C2)nnc1-c1cc(F)c2c(c1O)CCC2. The lowest BCUT2D eigenvalue weighted by Crippen LogP contribution is -2.48. The molecule has 5 nitrogen and oxygen atoms in total. The highest BCUT2D eigenvalue weighted by atomic mass is 19.1. The molecule has 1 fully saturated rings. The van der Waals surface area contributed by atoms with Gasteiger partial charge in [-0.15, -0.1) is 10.2 Å². The van der Waals surface area contributed by atoms with E-state index in [-0.39, 0.29) is 17.6 Å². The zero-order valence-electron chi connectivity index (χ0n) is 14.4. The molecule has 1 heterocycles. The Morgan fingerprint density at radius 2 is 1.92 bits per heavy atom. The number of aryl methyl sites for hydroxylation is 1. The molecule has 0 unspecified atom stereocenters. The Morgan fingerprint density at radius 1 is 1.20 bits per heavy atom. The number of aromatic nitrogens is 2. The van der Waals surface area contributed by atoms with E-state index in [0.29, 0.717) is 53.9 Å². The number of nitrogens with zero attached hydrogens (tertiary/aromatic N) is 2. The second kappa shape index (κ2) is 5.66. The molecule has 0 bridgehead atoms. The molecule has 0 spiro atoms. The van der Waals surface area contributed by atoms with Gasteiger partial charge in [-0.25, -0.2) is 4.39 Å². The fourth-order valence-corrected chi connectivity index (χ4v) is 4.03. The third-order valence-corrected chi connectivity index (χ3v) is 5.28. The number of phenolic OH excluding ortho intramolecular Hbond substituents is 1. The molecule has 0 radical (unpaired) electrons. The largest absolute Gasteiger partial charge is 0.507 e. The summed E-state index contributed by atoms with van der Waals surface area (Å²) < 4.78 is 14.3. The van der Waals surface area contributed by atoms with Crippen LogP contribution in [0.1, 0.15) is 42.9 Å². The minimum Gasteiger partial charge on any atom is -0.507 e. The average Bonchev–Trinajstić information content (AvgIpc) is 3.00. The van der Waals surface area contributed by atoms with Gasteiger partial charge >= 0.3 is 0 Å². The Morgan fingerprint density at radius 3 is 2.60 bits per heavy atom. The van der Waals surface area contributed by atoms with Crippen LogP contribution in [-0.2, 0) is 12.8 Å². The number of fused-ring (bicyclic) bond motifs is 1. The summed E-state index contributed by atoms with van der Waals surface area (Å²) in [6.45, 7) is 3.69. The second-order valence-corrected chi connectivity index (χ2v) is 7.57. The van der Waals surface area contributed by atoms with E-state index < -0.39 is 5.60 Å². The zero-order chi connectivity index (χ0) is 17.8. The molecule has 1 aromatic heterocycles. The van der Waals surface area contributed by atoms with Gasteiger partial charge < -0.3 is 15.5 Å². The van der Waals surface area contributed by atoms with Crippen molar-refractivity contribution in [2.24, 2.45) is 0 Å². The van der Waals surface area contributed by atoms with Crippen molar-refractivity contribution >= 4 is 5.82 Å². The topological polar surface area (TPSA) is 78.3 Å². The van der Waals surface area contributed by atoms with Gasteiger partial charge in [0, 0.05) is 17.2 Å². The van der Waals surface area contributed by atoms with Gasteiger partial charge in [0.15, 0.2) is 0 Å². The van der Waals surface area contributed by atoms with Crippen molar-refractivity contribution in [3.05, 3.63) is 34.6 Å². The molecule has 25 heavy (non-hydrogen) atoms. The van der Waals surface area contributed by atoms with Crippen molar-refractivity contribution in [1.82, 2.24) is 10.2 Å². The summed E-state index contributed by atoms with van der Waals surface area (Å²) in [5.41, 5.74) is 2.44. The van der Waals surface area contributed by atoms with Crippen molar-refractivity contribution in [2.45, 2.75) is 57.6 Å². The molecule has 2 aliphatic carbocycles. The standard InChI is InChI=1S/C19H22FN3O2/c1-10-6-16(21-11-8-19(2,25)9-11)22-23-17(10)14-7-15(20)12-4-3-5-13(12)18(14)24/h6-7,11,24-25H,3-5,8-9H2,1-2H3,(H,21,22). The predicted molar refractivity (Wildman–Crippen MR) is 93.1 cm³/mol. The van der Waals surface area contributed by atoms with Crippen LogP contribution in [0.3, 0.4) is 0 Å². The fourth-order valence-electron chi connectivity index (χ4n) is 4.03. The number of aromatic hydroxyl groups is 1. The number of phenols is 1. The third kappa shape index (κ3) is 2.84. The summed E-state index contributed by atoms with van der Waals surface area (Å²) in [6, 6.07) is 3.40. The van der Waals surface area contributed by atoms with Gasteiger partial charge in [-0.3, -0.25) is 0 Å². The van der Waals surface area contributed by atoms with Crippen molar-refractivity contribution in [3.8, 4) is 17.0 Å². The second-order valence-electron chi connectivity index (χ2n) is 7.57. The first kappa shape index (κ1) is 16.3. The first-order valence-electron chi connectivity index (χ1n) is 8.71. The summed E-state index contributed by atoms with van der Waals surface area (Å²) >= 11 is 0. The summed E-state index contributed by atoms with van der Waals surface area (Å²) in [6.07, 6.45) is 3.58. The maximum absolute atomic E-state index is 14.3. The quantitative estimate of drug-likeness (QED) is 0.798. The van der Waals surface area contributed by atoms with Gasteiger partial charge in [0.1, 0.15) is 17.4 Å². The Hall–Kier alpha value is -2.21. The Kier molecular flexibility index (Phi) is 3.68. The van der Waals surface area contributed by atoms with E-state index in [2.05, 4.69) is 15.5 Å². The molecule has 1 aromatic carbocycles. The predicted octanol–water partition coefficient (Wildman–Crippen LogP) is 3.11. The first-order chi connectivity index (χ1) is 11.8. The van der Waals surface area contributed by atoms with Gasteiger partial charge in [0.25, 0.3) is 0 Å². The molecule has 0 aliphatic heterocycles. The van der Waals surface area contributed by atoms with E-state index in [1.807, 2.05) is 19.9 Å². The van der Waals surface area contributed by atoms with Crippen LogP contribution >= 0.6 is 0 Å². The summed E-state index contributed by atoms with van der Waals surface area (Å²) in [5.74, 6) is 0.477. The average molecular weight is 343 g/mol. The van der Waals surface area contributed by atoms with E-state index in [9.17, 15) is 14.6 Å². The normalized spacial score (nSPS) is 24.7. The van der Waals surface area contributed by atoms with Crippen LogP contribution in [0.25, 0.3) is 11.3 Å². The lowest BCUT2D eigenvalue weighted by atomic mass is 9.77.